The maximum absolute atomic E-state index is 3.79. The third-order valence-corrected chi connectivity index (χ3v) is 3.18. The van der Waals surface area contributed by atoms with Crippen LogP contribution in [0.1, 0.15) is 38.8 Å². The van der Waals surface area contributed by atoms with Gasteiger partial charge in [-0.1, -0.05) is 64.6 Å². The molecule has 19 heavy (non-hydrogen) atoms. The summed E-state index contributed by atoms with van der Waals surface area (Å²) in [5, 5.41) is 0. The van der Waals surface area contributed by atoms with Crippen LogP contribution >= 0.6 is 0 Å². The van der Waals surface area contributed by atoms with Gasteiger partial charge in [0.2, 0.25) is 0 Å². The lowest BCUT2D eigenvalue weighted by Gasteiger charge is -2.26. The fourth-order valence-corrected chi connectivity index (χ4v) is 2.40. The molecule has 1 nitrogen and oxygen atoms in total. The first kappa shape index (κ1) is 16.0. The van der Waals surface area contributed by atoms with E-state index in [4.69, 9.17) is 0 Å². The van der Waals surface area contributed by atoms with Crippen molar-refractivity contribution in [1.29, 1.82) is 0 Å². The molecule has 0 N–H and O–H groups in total. The molecule has 0 amide bonds. The van der Waals surface area contributed by atoms with Gasteiger partial charge in [-0.3, -0.25) is 0 Å². The van der Waals surface area contributed by atoms with Crippen molar-refractivity contribution in [2.24, 2.45) is 11.8 Å². The molecule has 0 atom stereocenters. The van der Waals surface area contributed by atoms with E-state index in [2.05, 4.69) is 63.4 Å². The molecule has 0 radical (unpaired) electrons. The molecule has 0 heterocycles. The van der Waals surface area contributed by atoms with Gasteiger partial charge < -0.3 is 4.90 Å². The van der Waals surface area contributed by atoms with E-state index in [9.17, 15) is 0 Å². The Balaban J connectivity index is 2.51. The number of hydrogen-bond donors (Lipinski definition) is 0. The van der Waals surface area contributed by atoms with Gasteiger partial charge >= 0.3 is 0 Å². The molecule has 1 aromatic carbocycles. The first-order valence-electron chi connectivity index (χ1n) is 7.45. The Morgan fingerprint density at radius 1 is 1.00 bits per heavy atom. The second-order valence-corrected chi connectivity index (χ2v) is 6.24. The second kappa shape index (κ2) is 8.16. The van der Waals surface area contributed by atoms with E-state index in [1.165, 1.54) is 24.2 Å². The van der Waals surface area contributed by atoms with E-state index >= 15 is 0 Å². The summed E-state index contributed by atoms with van der Waals surface area (Å²) < 4.78 is 0. The van der Waals surface area contributed by atoms with Crippen LogP contribution in [-0.4, -0.2) is 24.5 Å². The monoisotopic (exact) mass is 259 g/mol. The average molecular weight is 259 g/mol. The average Bonchev–Trinajstić information content (AvgIpc) is 2.35. The number of rotatable bonds is 8. The molecular formula is C18H29N. The van der Waals surface area contributed by atoms with Gasteiger partial charge in [-0.25, -0.2) is 0 Å². The molecule has 1 rings (SSSR count). The van der Waals surface area contributed by atoms with Crippen molar-refractivity contribution in [3.05, 3.63) is 42.0 Å². The van der Waals surface area contributed by atoms with Crippen LogP contribution in [0.3, 0.4) is 0 Å². The highest BCUT2D eigenvalue weighted by atomic mass is 15.1. The lowest BCUT2D eigenvalue weighted by molar-refractivity contribution is 0.222. The van der Waals surface area contributed by atoms with E-state index in [-0.39, 0.29) is 0 Å². The quantitative estimate of drug-likeness (QED) is 0.665. The Kier molecular flexibility index (Phi) is 6.86. The predicted octanol–water partition coefficient (Wildman–Crippen LogP) is 4.49. The molecule has 0 saturated heterocycles. The minimum atomic E-state index is 0.738. The smallest absolute Gasteiger partial charge is 0.00220 e. The first-order chi connectivity index (χ1) is 9.01. The fraction of sp³-hybridized carbons (Fsp3) is 0.556. The van der Waals surface area contributed by atoms with Gasteiger partial charge in [-0.2, -0.15) is 0 Å². The van der Waals surface area contributed by atoms with Gasteiger partial charge in [0, 0.05) is 19.6 Å². The summed E-state index contributed by atoms with van der Waals surface area (Å²) in [6.45, 7) is 16.5. The van der Waals surface area contributed by atoms with Crippen molar-refractivity contribution in [1.82, 2.24) is 4.90 Å². The highest BCUT2D eigenvalue weighted by molar-refractivity contribution is 5.47. The topological polar surface area (TPSA) is 3.24 Å². The lowest BCUT2D eigenvalue weighted by Crippen LogP contribution is -2.33. The van der Waals surface area contributed by atoms with Gasteiger partial charge in [-0.05, 0) is 29.4 Å². The van der Waals surface area contributed by atoms with E-state index in [1.54, 1.807) is 0 Å². The third-order valence-electron chi connectivity index (χ3n) is 3.18. The van der Waals surface area contributed by atoms with Crippen LogP contribution in [0.15, 0.2) is 30.8 Å². The van der Waals surface area contributed by atoms with Crippen LogP contribution in [0.4, 0.5) is 0 Å². The molecule has 1 heteroatoms. The number of hydrogen-bond acceptors (Lipinski definition) is 1. The molecule has 0 aliphatic carbocycles. The van der Waals surface area contributed by atoms with Crippen LogP contribution in [0.2, 0.25) is 0 Å². The summed E-state index contributed by atoms with van der Waals surface area (Å²) in [4.78, 5) is 2.59. The molecule has 106 valence electrons. The van der Waals surface area contributed by atoms with Gasteiger partial charge in [0.15, 0.2) is 0 Å². The van der Waals surface area contributed by atoms with Crippen LogP contribution in [0.25, 0.3) is 6.08 Å². The Hall–Kier alpha value is -1.08. The standard InChI is InChI=1S/C18H29N/c1-6-17-7-9-18(10-8-17)11-12-19(13-15(2)3)14-16(4)5/h6-10,15-16H,1,11-14H2,2-5H3. The maximum atomic E-state index is 3.79. The molecule has 0 fully saturated rings. The number of nitrogens with zero attached hydrogens (tertiary/aromatic N) is 1. The van der Waals surface area contributed by atoms with Crippen LogP contribution in [0.5, 0.6) is 0 Å². The summed E-state index contributed by atoms with van der Waals surface area (Å²) in [6.07, 6.45) is 3.03. The van der Waals surface area contributed by atoms with Crippen molar-refractivity contribution in [3.63, 3.8) is 0 Å². The summed E-state index contributed by atoms with van der Waals surface area (Å²) in [5.74, 6) is 1.48. The molecule has 0 aliphatic rings. The lowest BCUT2D eigenvalue weighted by atomic mass is 10.1. The fourth-order valence-electron chi connectivity index (χ4n) is 2.40. The Labute approximate surface area is 119 Å². The first-order valence-corrected chi connectivity index (χ1v) is 7.45. The van der Waals surface area contributed by atoms with Gasteiger partial charge in [0.05, 0.1) is 0 Å². The molecule has 0 bridgehead atoms. The molecule has 0 spiro atoms. The highest BCUT2D eigenvalue weighted by Crippen LogP contribution is 2.09. The molecule has 1 aromatic rings. The van der Waals surface area contributed by atoms with Crippen molar-refractivity contribution in [2.75, 3.05) is 19.6 Å². The van der Waals surface area contributed by atoms with Crippen LogP contribution in [0, 0.1) is 11.8 Å². The third kappa shape index (κ3) is 6.58. The van der Waals surface area contributed by atoms with Crippen LogP contribution in [-0.2, 0) is 6.42 Å². The summed E-state index contributed by atoms with van der Waals surface area (Å²) in [6, 6.07) is 8.75. The van der Waals surface area contributed by atoms with Crippen molar-refractivity contribution < 1.29 is 0 Å². The van der Waals surface area contributed by atoms with Crippen molar-refractivity contribution in [3.8, 4) is 0 Å². The minimum Gasteiger partial charge on any atom is -0.302 e. The van der Waals surface area contributed by atoms with E-state index in [1.807, 2.05) is 6.08 Å². The van der Waals surface area contributed by atoms with E-state index < -0.39 is 0 Å². The summed E-state index contributed by atoms with van der Waals surface area (Å²) in [7, 11) is 0. The minimum absolute atomic E-state index is 0.738. The Bertz CT molecular complexity index is 352. The van der Waals surface area contributed by atoms with Gasteiger partial charge in [0.25, 0.3) is 0 Å². The predicted molar refractivity (Wildman–Crippen MR) is 86.4 cm³/mol. The molecule has 0 saturated carbocycles. The van der Waals surface area contributed by atoms with Gasteiger partial charge in [0.1, 0.15) is 0 Å². The molecule has 0 unspecified atom stereocenters. The summed E-state index contributed by atoms with van der Waals surface area (Å²) >= 11 is 0. The normalized spacial score (nSPS) is 11.5. The zero-order valence-electron chi connectivity index (χ0n) is 13.0. The molecule has 0 aromatic heterocycles. The van der Waals surface area contributed by atoms with Crippen molar-refractivity contribution in [2.45, 2.75) is 34.1 Å². The highest BCUT2D eigenvalue weighted by Gasteiger charge is 2.09. The Morgan fingerprint density at radius 3 is 1.95 bits per heavy atom. The largest absolute Gasteiger partial charge is 0.302 e. The Morgan fingerprint density at radius 2 is 1.53 bits per heavy atom. The van der Waals surface area contributed by atoms with E-state index in [0.29, 0.717) is 0 Å². The maximum Gasteiger partial charge on any atom is 0.00220 e. The summed E-state index contributed by atoms with van der Waals surface area (Å²) in [5.41, 5.74) is 2.62. The second-order valence-electron chi connectivity index (χ2n) is 6.24. The van der Waals surface area contributed by atoms with Crippen molar-refractivity contribution >= 4 is 6.08 Å². The zero-order valence-corrected chi connectivity index (χ0v) is 13.0. The van der Waals surface area contributed by atoms with Crippen LogP contribution < -0.4 is 0 Å². The number of benzene rings is 1. The molecular weight excluding hydrogens is 230 g/mol. The zero-order chi connectivity index (χ0) is 14.3. The van der Waals surface area contributed by atoms with Gasteiger partial charge in [-0.15, -0.1) is 0 Å². The molecule has 0 aliphatic heterocycles. The SMILES string of the molecule is C=Cc1ccc(CCN(CC(C)C)CC(C)C)cc1. The van der Waals surface area contributed by atoms with E-state index in [0.717, 1.165) is 24.8 Å².